The fourth-order valence-corrected chi connectivity index (χ4v) is 1.32. The van der Waals surface area contributed by atoms with E-state index in [4.69, 9.17) is 5.73 Å². The zero-order chi connectivity index (χ0) is 10.6. The summed E-state index contributed by atoms with van der Waals surface area (Å²) in [5.41, 5.74) is 8.18. The number of hydrogen-bond donors (Lipinski definition) is 1. The molecule has 3 nitrogen and oxygen atoms in total. The minimum Gasteiger partial charge on any atom is -0.465 e. The lowest BCUT2D eigenvalue weighted by Crippen LogP contribution is -2.05. The Hall–Kier alpha value is -1.35. The number of esters is 1. The van der Waals surface area contributed by atoms with Crippen molar-refractivity contribution >= 4 is 5.97 Å². The van der Waals surface area contributed by atoms with Crippen molar-refractivity contribution in [1.29, 1.82) is 0 Å². The Labute approximate surface area is 83.9 Å². The summed E-state index contributed by atoms with van der Waals surface area (Å²) in [5, 5.41) is 0. The summed E-state index contributed by atoms with van der Waals surface area (Å²) in [6, 6.07) is 5.61. The van der Waals surface area contributed by atoms with Gasteiger partial charge >= 0.3 is 5.97 Å². The molecule has 2 N–H and O–H groups in total. The van der Waals surface area contributed by atoms with Crippen LogP contribution in [0.15, 0.2) is 18.2 Å². The van der Waals surface area contributed by atoms with E-state index in [1.165, 1.54) is 7.11 Å². The Morgan fingerprint density at radius 3 is 2.50 bits per heavy atom. The van der Waals surface area contributed by atoms with Crippen LogP contribution < -0.4 is 5.73 Å². The summed E-state index contributed by atoms with van der Waals surface area (Å²) in [5.74, 6) is -0.310. The van der Waals surface area contributed by atoms with Gasteiger partial charge in [-0.15, -0.1) is 0 Å². The molecular formula is C11H15NO2. The van der Waals surface area contributed by atoms with Crippen molar-refractivity contribution in [2.24, 2.45) is 5.73 Å². The molecule has 76 valence electrons. The quantitative estimate of drug-likeness (QED) is 0.740. The normalized spacial score (nSPS) is 9.93. The van der Waals surface area contributed by atoms with Gasteiger partial charge in [0.05, 0.1) is 12.7 Å². The lowest BCUT2D eigenvalue weighted by molar-refractivity contribution is 0.0600. The van der Waals surface area contributed by atoms with Crippen molar-refractivity contribution in [2.75, 3.05) is 7.11 Å². The van der Waals surface area contributed by atoms with Gasteiger partial charge in [0, 0.05) is 6.54 Å². The number of carbonyl (C=O) groups is 1. The van der Waals surface area contributed by atoms with E-state index in [0.717, 1.165) is 17.5 Å². The second-order valence-corrected chi connectivity index (χ2v) is 3.09. The predicted octanol–water partition coefficient (Wildman–Crippen LogP) is 1.49. The standard InChI is InChI=1S/C11H15NO2/c1-3-8-4-9(7-12)6-10(5-8)11(13)14-2/h4-6H,3,7,12H2,1-2H3. The second-order valence-electron chi connectivity index (χ2n) is 3.09. The third kappa shape index (κ3) is 2.33. The van der Waals surface area contributed by atoms with Gasteiger partial charge in [-0.1, -0.05) is 13.0 Å². The number of aryl methyl sites for hydroxylation is 1. The Morgan fingerprint density at radius 2 is 2.00 bits per heavy atom. The van der Waals surface area contributed by atoms with E-state index in [-0.39, 0.29) is 5.97 Å². The van der Waals surface area contributed by atoms with Crippen molar-refractivity contribution in [1.82, 2.24) is 0 Å². The molecule has 1 aromatic rings. The summed E-state index contributed by atoms with van der Waals surface area (Å²) in [7, 11) is 1.38. The number of hydrogen-bond acceptors (Lipinski definition) is 3. The first-order valence-electron chi connectivity index (χ1n) is 4.62. The van der Waals surface area contributed by atoms with Gasteiger partial charge in [0.1, 0.15) is 0 Å². The van der Waals surface area contributed by atoms with Gasteiger partial charge < -0.3 is 10.5 Å². The summed E-state index contributed by atoms with van der Waals surface area (Å²) in [6.07, 6.45) is 0.887. The van der Waals surface area contributed by atoms with Gasteiger partial charge in [0.15, 0.2) is 0 Å². The van der Waals surface area contributed by atoms with Crippen LogP contribution in [0.25, 0.3) is 0 Å². The molecule has 0 aliphatic heterocycles. The number of rotatable bonds is 3. The molecule has 1 rings (SSSR count). The van der Waals surface area contributed by atoms with E-state index in [9.17, 15) is 4.79 Å². The fourth-order valence-electron chi connectivity index (χ4n) is 1.32. The Balaban J connectivity index is 3.10. The summed E-state index contributed by atoms with van der Waals surface area (Å²) in [6.45, 7) is 2.48. The third-order valence-corrected chi connectivity index (χ3v) is 2.12. The molecule has 0 bridgehead atoms. The fraction of sp³-hybridized carbons (Fsp3) is 0.364. The average Bonchev–Trinajstić information content (AvgIpc) is 2.27. The molecule has 0 saturated carbocycles. The van der Waals surface area contributed by atoms with E-state index in [0.29, 0.717) is 12.1 Å². The average molecular weight is 193 g/mol. The minimum absolute atomic E-state index is 0.310. The molecule has 0 aliphatic carbocycles. The second kappa shape index (κ2) is 4.77. The van der Waals surface area contributed by atoms with Gasteiger partial charge in [-0.3, -0.25) is 0 Å². The molecule has 14 heavy (non-hydrogen) atoms. The van der Waals surface area contributed by atoms with Crippen molar-refractivity contribution in [3.63, 3.8) is 0 Å². The highest BCUT2D eigenvalue weighted by Gasteiger charge is 2.07. The van der Waals surface area contributed by atoms with E-state index >= 15 is 0 Å². The maximum atomic E-state index is 11.3. The number of carbonyl (C=O) groups excluding carboxylic acids is 1. The van der Waals surface area contributed by atoms with Crippen LogP contribution >= 0.6 is 0 Å². The molecular weight excluding hydrogens is 178 g/mol. The van der Waals surface area contributed by atoms with Crippen LogP contribution in [0.2, 0.25) is 0 Å². The topological polar surface area (TPSA) is 52.3 Å². The van der Waals surface area contributed by atoms with E-state index < -0.39 is 0 Å². The summed E-state index contributed by atoms with van der Waals surface area (Å²) < 4.78 is 4.66. The van der Waals surface area contributed by atoms with Crippen LogP contribution in [0.5, 0.6) is 0 Å². The molecule has 0 saturated heterocycles. The summed E-state index contributed by atoms with van der Waals surface area (Å²) >= 11 is 0. The Kier molecular flexibility index (Phi) is 3.65. The third-order valence-electron chi connectivity index (χ3n) is 2.12. The molecule has 0 radical (unpaired) electrons. The number of benzene rings is 1. The van der Waals surface area contributed by atoms with Crippen LogP contribution in [-0.4, -0.2) is 13.1 Å². The van der Waals surface area contributed by atoms with Crippen molar-refractivity contribution in [3.8, 4) is 0 Å². The molecule has 0 spiro atoms. The molecule has 3 heteroatoms. The lowest BCUT2D eigenvalue weighted by Gasteiger charge is -2.05. The molecule has 0 atom stereocenters. The maximum Gasteiger partial charge on any atom is 0.337 e. The smallest absolute Gasteiger partial charge is 0.337 e. The lowest BCUT2D eigenvalue weighted by atomic mass is 10.0. The van der Waals surface area contributed by atoms with Gasteiger partial charge in [-0.2, -0.15) is 0 Å². The Morgan fingerprint density at radius 1 is 1.36 bits per heavy atom. The Bertz CT molecular complexity index is 312. The van der Waals surface area contributed by atoms with Gasteiger partial charge in [-0.25, -0.2) is 4.79 Å². The van der Waals surface area contributed by atoms with Crippen LogP contribution in [0.3, 0.4) is 0 Å². The van der Waals surface area contributed by atoms with Crippen LogP contribution in [-0.2, 0) is 17.7 Å². The highest BCUT2D eigenvalue weighted by Crippen LogP contribution is 2.11. The van der Waals surface area contributed by atoms with E-state index in [1.54, 1.807) is 6.07 Å². The van der Waals surface area contributed by atoms with E-state index in [1.807, 2.05) is 19.1 Å². The number of ether oxygens (including phenoxy) is 1. The molecule has 0 amide bonds. The van der Waals surface area contributed by atoms with Gasteiger partial charge in [-0.05, 0) is 29.7 Å². The molecule has 0 heterocycles. The van der Waals surface area contributed by atoms with Gasteiger partial charge in [0.25, 0.3) is 0 Å². The zero-order valence-corrected chi connectivity index (χ0v) is 8.54. The maximum absolute atomic E-state index is 11.3. The number of methoxy groups -OCH3 is 1. The molecule has 0 fully saturated rings. The van der Waals surface area contributed by atoms with Crippen molar-refractivity contribution in [2.45, 2.75) is 19.9 Å². The molecule has 0 aliphatic rings. The number of nitrogens with two attached hydrogens (primary N) is 1. The first kappa shape index (κ1) is 10.7. The molecule has 0 aromatic heterocycles. The predicted molar refractivity (Wildman–Crippen MR) is 55.1 cm³/mol. The van der Waals surface area contributed by atoms with E-state index in [2.05, 4.69) is 4.74 Å². The first-order valence-corrected chi connectivity index (χ1v) is 4.62. The molecule has 1 aromatic carbocycles. The van der Waals surface area contributed by atoms with Crippen molar-refractivity contribution in [3.05, 3.63) is 34.9 Å². The SMILES string of the molecule is CCc1cc(CN)cc(C(=O)OC)c1. The highest BCUT2D eigenvalue weighted by atomic mass is 16.5. The first-order chi connectivity index (χ1) is 6.71. The molecule has 0 unspecified atom stereocenters. The largest absolute Gasteiger partial charge is 0.465 e. The highest BCUT2D eigenvalue weighted by molar-refractivity contribution is 5.89. The summed E-state index contributed by atoms with van der Waals surface area (Å²) in [4.78, 5) is 11.3. The van der Waals surface area contributed by atoms with Crippen molar-refractivity contribution < 1.29 is 9.53 Å². The zero-order valence-electron chi connectivity index (χ0n) is 8.54. The van der Waals surface area contributed by atoms with Gasteiger partial charge in [0.2, 0.25) is 0 Å². The van der Waals surface area contributed by atoms with Crippen LogP contribution in [0, 0.1) is 0 Å². The van der Waals surface area contributed by atoms with Crippen LogP contribution in [0.1, 0.15) is 28.4 Å². The van der Waals surface area contributed by atoms with Crippen LogP contribution in [0.4, 0.5) is 0 Å². The monoisotopic (exact) mass is 193 g/mol. The minimum atomic E-state index is -0.310.